The Morgan fingerprint density at radius 1 is 1.60 bits per heavy atom. The first kappa shape index (κ1) is 10.7. The maximum atomic E-state index is 12.0. The van der Waals surface area contributed by atoms with E-state index in [0.717, 1.165) is 32.4 Å². The summed E-state index contributed by atoms with van der Waals surface area (Å²) in [4.78, 5) is 14.0. The molecule has 0 bridgehead atoms. The minimum Gasteiger partial charge on any atom is -0.338 e. The fourth-order valence-electron chi connectivity index (χ4n) is 1.73. The number of rotatable bonds is 5. The third-order valence-corrected chi connectivity index (χ3v) is 3.42. The average molecular weight is 223 g/mol. The van der Waals surface area contributed by atoms with Crippen molar-refractivity contribution in [3.63, 3.8) is 0 Å². The molecule has 3 heteroatoms. The number of amides is 1. The molecule has 0 N–H and O–H groups in total. The topological polar surface area (TPSA) is 20.3 Å². The lowest BCUT2D eigenvalue weighted by molar-refractivity contribution is -0.133. The highest BCUT2D eigenvalue weighted by Gasteiger charge is 2.32. The molecule has 15 heavy (non-hydrogen) atoms. The Kier molecular flexibility index (Phi) is 3.41. The Balaban J connectivity index is 1.96. The van der Waals surface area contributed by atoms with Crippen LogP contribution >= 0.6 is 11.3 Å². The first-order chi connectivity index (χ1) is 7.31. The van der Waals surface area contributed by atoms with Gasteiger partial charge in [0.1, 0.15) is 0 Å². The number of carbonyl (C=O) groups excluding carboxylic acids is 1. The smallest absolute Gasteiger partial charge is 0.225 e. The SMILES string of the molecule is CCCN(Cc1ccsc1)C(=O)C1CC1. The van der Waals surface area contributed by atoms with Crippen LogP contribution in [-0.4, -0.2) is 17.4 Å². The molecule has 1 amide bonds. The molecule has 0 atom stereocenters. The molecule has 1 aromatic heterocycles. The van der Waals surface area contributed by atoms with Gasteiger partial charge in [-0.05, 0) is 41.7 Å². The normalized spacial score (nSPS) is 15.3. The fraction of sp³-hybridized carbons (Fsp3) is 0.583. The lowest BCUT2D eigenvalue weighted by Crippen LogP contribution is -2.32. The van der Waals surface area contributed by atoms with Crippen LogP contribution in [-0.2, 0) is 11.3 Å². The van der Waals surface area contributed by atoms with Gasteiger partial charge in [0.15, 0.2) is 0 Å². The van der Waals surface area contributed by atoms with Gasteiger partial charge in [-0.1, -0.05) is 6.92 Å². The van der Waals surface area contributed by atoms with Crippen molar-refractivity contribution >= 4 is 17.2 Å². The summed E-state index contributed by atoms with van der Waals surface area (Å²) in [6, 6.07) is 2.10. The highest BCUT2D eigenvalue weighted by molar-refractivity contribution is 7.07. The maximum absolute atomic E-state index is 12.0. The molecule has 82 valence electrons. The van der Waals surface area contributed by atoms with Crippen molar-refractivity contribution in [2.45, 2.75) is 32.7 Å². The van der Waals surface area contributed by atoms with Crippen molar-refractivity contribution in [1.82, 2.24) is 4.90 Å². The molecule has 0 unspecified atom stereocenters. The molecule has 1 aliphatic rings. The van der Waals surface area contributed by atoms with E-state index in [-0.39, 0.29) is 0 Å². The van der Waals surface area contributed by atoms with Crippen molar-refractivity contribution in [3.8, 4) is 0 Å². The van der Waals surface area contributed by atoms with Crippen LogP contribution in [0.3, 0.4) is 0 Å². The monoisotopic (exact) mass is 223 g/mol. The zero-order valence-electron chi connectivity index (χ0n) is 9.11. The lowest BCUT2D eigenvalue weighted by Gasteiger charge is -2.21. The molecule has 1 fully saturated rings. The zero-order chi connectivity index (χ0) is 10.7. The van der Waals surface area contributed by atoms with E-state index in [4.69, 9.17) is 0 Å². The molecule has 2 rings (SSSR count). The Bertz CT molecular complexity index is 316. The molecule has 2 nitrogen and oxygen atoms in total. The average Bonchev–Trinajstić information content (AvgIpc) is 2.96. The number of thiophene rings is 1. The summed E-state index contributed by atoms with van der Waals surface area (Å²) in [5.41, 5.74) is 1.27. The van der Waals surface area contributed by atoms with E-state index in [1.807, 2.05) is 4.90 Å². The summed E-state index contributed by atoms with van der Waals surface area (Å²) in [5, 5.41) is 4.20. The lowest BCUT2D eigenvalue weighted by atomic mass is 10.2. The van der Waals surface area contributed by atoms with Crippen molar-refractivity contribution in [2.24, 2.45) is 5.92 Å². The van der Waals surface area contributed by atoms with Gasteiger partial charge in [-0.15, -0.1) is 0 Å². The molecule has 0 aromatic carbocycles. The predicted molar refractivity (Wildman–Crippen MR) is 62.8 cm³/mol. The minimum absolute atomic E-state index is 0.343. The predicted octanol–water partition coefficient (Wildman–Crippen LogP) is 2.90. The van der Waals surface area contributed by atoms with Crippen molar-refractivity contribution in [2.75, 3.05) is 6.54 Å². The number of hydrogen-bond donors (Lipinski definition) is 0. The van der Waals surface area contributed by atoms with Gasteiger partial charge < -0.3 is 4.90 Å². The van der Waals surface area contributed by atoms with Crippen LogP contribution < -0.4 is 0 Å². The number of nitrogens with zero attached hydrogens (tertiary/aromatic N) is 1. The summed E-state index contributed by atoms with van der Waals surface area (Å²) in [6.07, 6.45) is 3.24. The number of hydrogen-bond acceptors (Lipinski definition) is 2. The third kappa shape index (κ3) is 2.81. The number of carbonyl (C=O) groups is 1. The summed E-state index contributed by atoms with van der Waals surface area (Å²) < 4.78 is 0. The van der Waals surface area contributed by atoms with E-state index < -0.39 is 0 Å². The molecular formula is C12H17NOS. The van der Waals surface area contributed by atoms with Crippen molar-refractivity contribution in [3.05, 3.63) is 22.4 Å². The second-order valence-electron chi connectivity index (χ2n) is 4.17. The van der Waals surface area contributed by atoms with E-state index in [0.29, 0.717) is 11.8 Å². The van der Waals surface area contributed by atoms with Gasteiger partial charge in [-0.2, -0.15) is 11.3 Å². The second-order valence-corrected chi connectivity index (χ2v) is 4.95. The molecule has 1 heterocycles. The first-order valence-electron chi connectivity index (χ1n) is 5.61. The molecule has 1 aliphatic carbocycles. The third-order valence-electron chi connectivity index (χ3n) is 2.69. The Hall–Kier alpha value is -0.830. The van der Waals surface area contributed by atoms with Gasteiger partial charge >= 0.3 is 0 Å². The van der Waals surface area contributed by atoms with Gasteiger partial charge in [0.2, 0.25) is 5.91 Å². The van der Waals surface area contributed by atoms with Gasteiger partial charge in [-0.25, -0.2) is 0 Å². The quantitative estimate of drug-likeness (QED) is 0.751. The van der Waals surface area contributed by atoms with E-state index in [1.54, 1.807) is 11.3 Å². The van der Waals surface area contributed by atoms with Crippen LogP contribution in [0.1, 0.15) is 31.7 Å². The molecule has 0 saturated heterocycles. The standard InChI is InChI=1S/C12H17NOS/c1-2-6-13(12(14)11-3-4-11)8-10-5-7-15-9-10/h5,7,9,11H,2-4,6,8H2,1H3. The van der Waals surface area contributed by atoms with Crippen molar-refractivity contribution < 1.29 is 4.79 Å². The molecule has 1 aromatic rings. The van der Waals surface area contributed by atoms with Crippen LogP contribution in [0.25, 0.3) is 0 Å². The van der Waals surface area contributed by atoms with Crippen LogP contribution in [0, 0.1) is 5.92 Å². The molecule has 0 aliphatic heterocycles. The summed E-state index contributed by atoms with van der Waals surface area (Å²) in [5.74, 6) is 0.707. The maximum Gasteiger partial charge on any atom is 0.225 e. The second kappa shape index (κ2) is 4.79. The summed E-state index contributed by atoms with van der Waals surface area (Å²) in [6.45, 7) is 3.82. The Morgan fingerprint density at radius 3 is 2.93 bits per heavy atom. The molecule has 0 spiro atoms. The Labute approximate surface area is 94.9 Å². The fourth-order valence-corrected chi connectivity index (χ4v) is 2.39. The molecular weight excluding hydrogens is 206 g/mol. The van der Waals surface area contributed by atoms with Crippen LogP contribution in [0.4, 0.5) is 0 Å². The summed E-state index contributed by atoms with van der Waals surface area (Å²) in [7, 11) is 0. The van der Waals surface area contributed by atoms with E-state index >= 15 is 0 Å². The van der Waals surface area contributed by atoms with Crippen molar-refractivity contribution in [1.29, 1.82) is 0 Å². The summed E-state index contributed by atoms with van der Waals surface area (Å²) >= 11 is 1.70. The highest BCUT2D eigenvalue weighted by Crippen LogP contribution is 2.31. The molecule has 1 saturated carbocycles. The van der Waals surface area contributed by atoms with Crippen LogP contribution in [0.5, 0.6) is 0 Å². The van der Waals surface area contributed by atoms with Crippen LogP contribution in [0.2, 0.25) is 0 Å². The highest BCUT2D eigenvalue weighted by atomic mass is 32.1. The minimum atomic E-state index is 0.343. The van der Waals surface area contributed by atoms with Gasteiger partial charge in [0.05, 0.1) is 0 Å². The van der Waals surface area contributed by atoms with Crippen LogP contribution in [0.15, 0.2) is 16.8 Å². The molecule has 0 radical (unpaired) electrons. The largest absolute Gasteiger partial charge is 0.338 e. The van der Waals surface area contributed by atoms with E-state index in [2.05, 4.69) is 23.8 Å². The van der Waals surface area contributed by atoms with E-state index in [1.165, 1.54) is 5.56 Å². The zero-order valence-corrected chi connectivity index (χ0v) is 9.93. The van der Waals surface area contributed by atoms with E-state index in [9.17, 15) is 4.79 Å². The van der Waals surface area contributed by atoms with Gasteiger partial charge in [0.25, 0.3) is 0 Å². The Morgan fingerprint density at radius 2 is 2.40 bits per heavy atom. The first-order valence-corrected chi connectivity index (χ1v) is 6.55. The van der Waals surface area contributed by atoms with Gasteiger partial charge in [0, 0.05) is 19.0 Å². The van der Waals surface area contributed by atoms with Gasteiger partial charge in [-0.3, -0.25) is 4.79 Å².